The van der Waals surface area contributed by atoms with Crippen LogP contribution < -0.4 is 0 Å². The summed E-state index contributed by atoms with van der Waals surface area (Å²) in [6.07, 6.45) is 2.11. The van der Waals surface area contributed by atoms with Crippen molar-refractivity contribution in [3.05, 3.63) is 71.2 Å². The standard InChI is InChI=1S/C19H21N3OS/c1-14-5-4-6-18-20-17(11-22(14)18)13-24-12-15-7-9-16(10-8-15)19(23)21(2)3/h4-11H,12-13H2,1-3H3. The molecule has 0 unspecified atom stereocenters. The van der Waals surface area contributed by atoms with Gasteiger partial charge in [0.1, 0.15) is 5.65 Å². The fourth-order valence-corrected chi connectivity index (χ4v) is 3.42. The number of aryl methyl sites for hydroxylation is 1. The molecule has 1 amide bonds. The summed E-state index contributed by atoms with van der Waals surface area (Å²) in [5.41, 5.74) is 5.23. The number of carbonyl (C=O) groups is 1. The van der Waals surface area contributed by atoms with E-state index in [0.29, 0.717) is 0 Å². The van der Waals surface area contributed by atoms with E-state index in [9.17, 15) is 4.79 Å². The van der Waals surface area contributed by atoms with Crippen LogP contribution in [0.2, 0.25) is 0 Å². The second-order valence-electron chi connectivity index (χ2n) is 6.02. The molecule has 0 bridgehead atoms. The third-order valence-electron chi connectivity index (χ3n) is 3.87. The summed E-state index contributed by atoms with van der Waals surface area (Å²) in [5.74, 6) is 1.82. The molecule has 4 nitrogen and oxygen atoms in total. The Morgan fingerprint density at radius 3 is 2.54 bits per heavy atom. The van der Waals surface area contributed by atoms with E-state index in [2.05, 4.69) is 28.6 Å². The summed E-state index contributed by atoms with van der Waals surface area (Å²) in [5, 5.41) is 0. The summed E-state index contributed by atoms with van der Waals surface area (Å²) in [6.45, 7) is 2.09. The smallest absolute Gasteiger partial charge is 0.253 e. The highest BCUT2D eigenvalue weighted by Crippen LogP contribution is 2.19. The minimum atomic E-state index is 0.0364. The molecule has 5 heteroatoms. The number of rotatable bonds is 5. The number of nitrogens with zero attached hydrogens (tertiary/aromatic N) is 3. The van der Waals surface area contributed by atoms with Crippen LogP contribution in [0.3, 0.4) is 0 Å². The van der Waals surface area contributed by atoms with Gasteiger partial charge in [0, 0.05) is 43.1 Å². The first-order chi connectivity index (χ1) is 11.5. The van der Waals surface area contributed by atoms with Crippen molar-refractivity contribution in [1.82, 2.24) is 14.3 Å². The minimum absolute atomic E-state index is 0.0364. The highest BCUT2D eigenvalue weighted by atomic mass is 32.2. The van der Waals surface area contributed by atoms with Crippen LogP contribution in [-0.4, -0.2) is 34.3 Å². The Balaban J connectivity index is 1.59. The lowest BCUT2D eigenvalue weighted by atomic mass is 10.1. The molecule has 0 saturated carbocycles. The van der Waals surface area contributed by atoms with E-state index in [0.717, 1.165) is 28.4 Å². The van der Waals surface area contributed by atoms with Crippen molar-refractivity contribution in [3.8, 4) is 0 Å². The van der Waals surface area contributed by atoms with Crippen LogP contribution in [0.15, 0.2) is 48.7 Å². The molecule has 1 aromatic carbocycles. The first kappa shape index (κ1) is 16.6. The Bertz CT molecular complexity index is 853. The minimum Gasteiger partial charge on any atom is -0.345 e. The quantitative estimate of drug-likeness (QED) is 0.710. The Morgan fingerprint density at radius 2 is 1.88 bits per heavy atom. The van der Waals surface area contributed by atoms with Crippen molar-refractivity contribution in [1.29, 1.82) is 0 Å². The first-order valence-electron chi connectivity index (χ1n) is 7.86. The Labute approximate surface area is 146 Å². The average Bonchev–Trinajstić information content (AvgIpc) is 2.99. The zero-order valence-electron chi connectivity index (χ0n) is 14.2. The third-order valence-corrected chi connectivity index (χ3v) is 4.91. The van der Waals surface area contributed by atoms with Crippen molar-refractivity contribution >= 4 is 23.3 Å². The van der Waals surface area contributed by atoms with Gasteiger partial charge in [-0.3, -0.25) is 4.79 Å². The number of carbonyl (C=O) groups excluding carboxylic acids is 1. The number of aromatic nitrogens is 2. The lowest BCUT2D eigenvalue weighted by molar-refractivity contribution is 0.0827. The van der Waals surface area contributed by atoms with Crippen molar-refractivity contribution in [2.24, 2.45) is 0 Å². The molecule has 0 saturated heterocycles. The molecule has 24 heavy (non-hydrogen) atoms. The second kappa shape index (κ2) is 7.09. The average molecular weight is 339 g/mol. The monoisotopic (exact) mass is 339 g/mol. The maximum absolute atomic E-state index is 11.9. The van der Waals surface area contributed by atoms with E-state index in [1.807, 2.05) is 48.2 Å². The second-order valence-corrected chi connectivity index (χ2v) is 7.00. The maximum atomic E-state index is 11.9. The van der Waals surface area contributed by atoms with E-state index in [4.69, 9.17) is 0 Å². The van der Waals surface area contributed by atoms with E-state index >= 15 is 0 Å². The number of amides is 1. The molecule has 0 radical (unpaired) electrons. The summed E-state index contributed by atoms with van der Waals surface area (Å²) in [6, 6.07) is 14.0. The van der Waals surface area contributed by atoms with Crippen LogP contribution in [0.5, 0.6) is 0 Å². The van der Waals surface area contributed by atoms with Gasteiger partial charge in [-0.2, -0.15) is 11.8 Å². The van der Waals surface area contributed by atoms with E-state index in [-0.39, 0.29) is 5.91 Å². The Hall–Kier alpha value is -2.27. The van der Waals surface area contributed by atoms with Crippen LogP contribution in [0.1, 0.15) is 27.3 Å². The van der Waals surface area contributed by atoms with Crippen LogP contribution in [0.25, 0.3) is 5.65 Å². The maximum Gasteiger partial charge on any atom is 0.253 e. The van der Waals surface area contributed by atoms with Crippen molar-refractivity contribution in [2.75, 3.05) is 14.1 Å². The van der Waals surface area contributed by atoms with Gasteiger partial charge in [-0.25, -0.2) is 4.98 Å². The normalized spacial score (nSPS) is 11.0. The highest BCUT2D eigenvalue weighted by Gasteiger charge is 2.07. The van der Waals surface area contributed by atoms with Crippen molar-refractivity contribution < 1.29 is 4.79 Å². The van der Waals surface area contributed by atoms with Crippen LogP contribution in [-0.2, 0) is 11.5 Å². The molecule has 0 spiro atoms. The van der Waals surface area contributed by atoms with Gasteiger partial charge >= 0.3 is 0 Å². The summed E-state index contributed by atoms with van der Waals surface area (Å²) in [7, 11) is 3.53. The molecule has 124 valence electrons. The molecular weight excluding hydrogens is 318 g/mol. The molecule has 0 aliphatic carbocycles. The van der Waals surface area contributed by atoms with E-state index in [1.54, 1.807) is 19.0 Å². The largest absolute Gasteiger partial charge is 0.345 e. The van der Waals surface area contributed by atoms with Gasteiger partial charge in [-0.05, 0) is 36.8 Å². The molecule has 3 rings (SSSR count). The Kier molecular flexibility index (Phi) is 4.90. The van der Waals surface area contributed by atoms with Crippen LogP contribution in [0, 0.1) is 6.92 Å². The number of hydrogen-bond acceptors (Lipinski definition) is 3. The van der Waals surface area contributed by atoms with E-state index < -0.39 is 0 Å². The predicted octanol–water partition coefficient (Wildman–Crippen LogP) is 3.78. The van der Waals surface area contributed by atoms with Crippen molar-refractivity contribution in [3.63, 3.8) is 0 Å². The third kappa shape index (κ3) is 3.62. The van der Waals surface area contributed by atoms with Gasteiger partial charge in [0.15, 0.2) is 0 Å². The summed E-state index contributed by atoms with van der Waals surface area (Å²) in [4.78, 5) is 18.1. The van der Waals surface area contributed by atoms with Crippen molar-refractivity contribution in [2.45, 2.75) is 18.4 Å². The molecule has 0 N–H and O–H groups in total. The molecule has 2 heterocycles. The number of imidazole rings is 1. The van der Waals surface area contributed by atoms with Gasteiger partial charge in [-0.1, -0.05) is 18.2 Å². The fraction of sp³-hybridized carbons (Fsp3) is 0.263. The molecule has 0 atom stereocenters. The summed E-state index contributed by atoms with van der Waals surface area (Å²) < 4.78 is 2.12. The van der Waals surface area contributed by atoms with Gasteiger partial charge in [0.05, 0.1) is 5.69 Å². The number of thioether (sulfide) groups is 1. The van der Waals surface area contributed by atoms with Gasteiger partial charge in [0.25, 0.3) is 5.91 Å². The number of hydrogen-bond donors (Lipinski definition) is 0. The molecule has 0 aliphatic rings. The fourth-order valence-electron chi connectivity index (χ4n) is 2.54. The lowest BCUT2D eigenvalue weighted by Crippen LogP contribution is -2.21. The summed E-state index contributed by atoms with van der Waals surface area (Å²) >= 11 is 1.83. The zero-order valence-corrected chi connectivity index (χ0v) is 15.0. The molecule has 0 fully saturated rings. The van der Waals surface area contributed by atoms with Gasteiger partial charge in [-0.15, -0.1) is 0 Å². The molecule has 2 aromatic heterocycles. The number of fused-ring (bicyclic) bond motifs is 1. The topological polar surface area (TPSA) is 37.6 Å². The van der Waals surface area contributed by atoms with Gasteiger partial charge < -0.3 is 9.30 Å². The van der Waals surface area contributed by atoms with Gasteiger partial charge in [0.2, 0.25) is 0 Å². The SMILES string of the molecule is Cc1cccc2nc(CSCc3ccc(C(=O)N(C)C)cc3)cn12. The highest BCUT2D eigenvalue weighted by molar-refractivity contribution is 7.97. The lowest BCUT2D eigenvalue weighted by Gasteiger charge is -2.10. The zero-order chi connectivity index (χ0) is 17.1. The predicted molar refractivity (Wildman–Crippen MR) is 99.4 cm³/mol. The van der Waals surface area contributed by atoms with Crippen LogP contribution in [0.4, 0.5) is 0 Å². The molecule has 3 aromatic rings. The number of pyridine rings is 1. The molecular formula is C19H21N3OS. The first-order valence-corrected chi connectivity index (χ1v) is 9.02. The number of benzene rings is 1. The Morgan fingerprint density at radius 1 is 1.12 bits per heavy atom. The van der Waals surface area contributed by atoms with E-state index in [1.165, 1.54) is 11.3 Å². The van der Waals surface area contributed by atoms with Crippen LogP contribution >= 0.6 is 11.8 Å². The molecule has 0 aliphatic heterocycles.